The Morgan fingerprint density at radius 2 is 1.45 bits per heavy atom. The number of nitrogens with two attached hydrogens (primary N) is 1. The van der Waals surface area contributed by atoms with Crippen molar-refractivity contribution in [3.63, 3.8) is 0 Å². The first kappa shape index (κ1) is 9.34. The van der Waals surface area contributed by atoms with E-state index < -0.39 is 0 Å². The van der Waals surface area contributed by atoms with E-state index in [0.717, 1.165) is 0 Å². The second-order valence-corrected chi connectivity index (χ2v) is 5.42. The maximum absolute atomic E-state index is 5.97. The monoisotopic (exact) mass is 175 g/mol. The summed E-state index contributed by atoms with van der Waals surface area (Å²) in [5.41, 5.74) is 7.39. The Morgan fingerprint density at radius 1 is 1.09 bits per heavy atom. The van der Waals surface area contributed by atoms with Gasteiger partial charge in [-0.05, 0) is 30.1 Å². The lowest BCUT2D eigenvalue weighted by molar-refractivity contribution is -0.199. The first-order valence-corrected chi connectivity index (χ1v) is 4.16. The van der Waals surface area contributed by atoms with E-state index in [2.05, 4.69) is 20.8 Å². The highest BCUT2D eigenvalue weighted by molar-refractivity contribution is 5.85. The van der Waals surface area contributed by atoms with Gasteiger partial charge in [0.1, 0.15) is 0 Å². The fourth-order valence-electron chi connectivity index (χ4n) is 2.66. The van der Waals surface area contributed by atoms with Crippen molar-refractivity contribution in [2.24, 2.45) is 16.6 Å². The zero-order valence-corrected chi connectivity index (χ0v) is 8.42. The van der Waals surface area contributed by atoms with Gasteiger partial charge >= 0.3 is 0 Å². The van der Waals surface area contributed by atoms with Crippen LogP contribution in [-0.4, -0.2) is 5.54 Å². The van der Waals surface area contributed by atoms with Crippen molar-refractivity contribution in [1.29, 1.82) is 0 Å². The molecule has 3 saturated carbocycles. The van der Waals surface area contributed by atoms with Crippen molar-refractivity contribution in [2.75, 3.05) is 0 Å². The molecule has 0 aromatic rings. The van der Waals surface area contributed by atoms with Crippen LogP contribution in [0.3, 0.4) is 0 Å². The van der Waals surface area contributed by atoms with Crippen LogP contribution in [0.15, 0.2) is 0 Å². The standard InChI is InChI=1S/C9H17N.ClH/c1-7(2,3)8-4-9(10,5-8)6-8;/h4-6,10H2,1-3H3;1H. The lowest BCUT2D eigenvalue weighted by Crippen LogP contribution is -2.75. The molecule has 3 aliphatic carbocycles. The largest absolute Gasteiger partial charge is 0.325 e. The third-order valence-corrected chi connectivity index (χ3v) is 3.66. The molecule has 0 spiro atoms. The minimum Gasteiger partial charge on any atom is -0.325 e. The molecule has 66 valence electrons. The average Bonchev–Trinajstić information content (AvgIpc) is 1.51. The fraction of sp³-hybridized carbons (Fsp3) is 1.00. The Bertz CT molecular complexity index is 161. The van der Waals surface area contributed by atoms with E-state index in [9.17, 15) is 0 Å². The zero-order valence-electron chi connectivity index (χ0n) is 7.61. The highest BCUT2D eigenvalue weighted by atomic mass is 35.5. The van der Waals surface area contributed by atoms with Crippen LogP contribution in [0.5, 0.6) is 0 Å². The van der Waals surface area contributed by atoms with Crippen molar-refractivity contribution in [3.8, 4) is 0 Å². The molecule has 3 rings (SSSR count). The van der Waals surface area contributed by atoms with E-state index in [-0.39, 0.29) is 17.9 Å². The van der Waals surface area contributed by atoms with E-state index in [4.69, 9.17) is 5.73 Å². The molecule has 3 fully saturated rings. The molecule has 0 atom stereocenters. The molecule has 1 nitrogen and oxygen atoms in total. The van der Waals surface area contributed by atoms with Crippen LogP contribution in [0.25, 0.3) is 0 Å². The maximum atomic E-state index is 5.97. The molecular weight excluding hydrogens is 158 g/mol. The third kappa shape index (κ3) is 0.940. The summed E-state index contributed by atoms with van der Waals surface area (Å²) < 4.78 is 0. The molecule has 0 heterocycles. The van der Waals surface area contributed by atoms with Crippen molar-refractivity contribution in [3.05, 3.63) is 0 Å². The van der Waals surface area contributed by atoms with Crippen molar-refractivity contribution >= 4 is 12.4 Å². The molecule has 0 unspecified atom stereocenters. The normalized spacial score (nSPS) is 46.9. The van der Waals surface area contributed by atoms with Gasteiger partial charge in [-0.1, -0.05) is 20.8 Å². The summed E-state index contributed by atoms with van der Waals surface area (Å²) in [5.74, 6) is 0. The quantitative estimate of drug-likeness (QED) is 0.601. The average molecular weight is 176 g/mol. The predicted octanol–water partition coefficient (Wildman–Crippen LogP) is 2.34. The summed E-state index contributed by atoms with van der Waals surface area (Å²) in [6.45, 7) is 7.02. The SMILES string of the molecule is CC(C)(C)C12CC(N)(C1)C2.Cl. The topological polar surface area (TPSA) is 26.0 Å². The highest BCUT2D eigenvalue weighted by Gasteiger charge is 2.69. The minimum absolute atomic E-state index is 0. The molecule has 0 radical (unpaired) electrons. The zero-order chi connectivity index (χ0) is 7.62. The van der Waals surface area contributed by atoms with Crippen LogP contribution in [0.1, 0.15) is 40.0 Å². The Balaban J connectivity index is 0.000000605. The van der Waals surface area contributed by atoms with Gasteiger partial charge in [0, 0.05) is 5.54 Å². The lowest BCUT2D eigenvalue weighted by Gasteiger charge is -2.74. The Morgan fingerprint density at radius 3 is 1.55 bits per heavy atom. The second kappa shape index (κ2) is 1.94. The summed E-state index contributed by atoms with van der Waals surface area (Å²) in [5, 5.41) is 0. The van der Waals surface area contributed by atoms with Gasteiger partial charge in [0.2, 0.25) is 0 Å². The smallest absolute Gasteiger partial charge is 0.0170 e. The molecule has 2 bridgehead atoms. The first-order valence-electron chi connectivity index (χ1n) is 4.16. The number of hydrogen-bond acceptors (Lipinski definition) is 1. The Hall–Kier alpha value is 0.250. The summed E-state index contributed by atoms with van der Waals surface area (Å²) >= 11 is 0. The van der Waals surface area contributed by atoms with E-state index in [1.807, 2.05) is 0 Å². The summed E-state index contributed by atoms with van der Waals surface area (Å²) in [7, 11) is 0. The molecule has 0 aromatic carbocycles. The van der Waals surface area contributed by atoms with Crippen LogP contribution < -0.4 is 5.73 Å². The number of halogens is 1. The predicted molar refractivity (Wildman–Crippen MR) is 49.9 cm³/mol. The maximum Gasteiger partial charge on any atom is 0.0170 e. The van der Waals surface area contributed by atoms with Gasteiger partial charge in [0.25, 0.3) is 0 Å². The molecule has 0 saturated heterocycles. The molecular formula is C9H18ClN. The first-order chi connectivity index (χ1) is 4.37. The summed E-state index contributed by atoms with van der Waals surface area (Å²) in [4.78, 5) is 0. The third-order valence-electron chi connectivity index (χ3n) is 3.66. The van der Waals surface area contributed by atoms with Gasteiger partial charge in [0.05, 0.1) is 0 Å². The molecule has 2 heteroatoms. The van der Waals surface area contributed by atoms with Crippen LogP contribution in [0.4, 0.5) is 0 Å². The van der Waals surface area contributed by atoms with Gasteiger partial charge < -0.3 is 5.73 Å². The van der Waals surface area contributed by atoms with E-state index in [1.165, 1.54) is 19.3 Å². The van der Waals surface area contributed by atoms with Gasteiger partial charge in [0.15, 0.2) is 0 Å². The van der Waals surface area contributed by atoms with E-state index in [1.54, 1.807) is 0 Å². The summed E-state index contributed by atoms with van der Waals surface area (Å²) in [6.07, 6.45) is 3.84. The molecule has 3 aliphatic rings. The van der Waals surface area contributed by atoms with Crippen molar-refractivity contribution < 1.29 is 0 Å². The minimum atomic E-state index is 0. The van der Waals surface area contributed by atoms with Crippen LogP contribution in [0, 0.1) is 10.8 Å². The Labute approximate surface area is 75.1 Å². The number of rotatable bonds is 0. The molecule has 2 N–H and O–H groups in total. The second-order valence-electron chi connectivity index (χ2n) is 5.42. The Kier molecular flexibility index (Phi) is 1.65. The van der Waals surface area contributed by atoms with Gasteiger partial charge in [-0.25, -0.2) is 0 Å². The lowest BCUT2D eigenvalue weighted by atomic mass is 9.33. The molecule has 0 amide bonds. The van der Waals surface area contributed by atoms with Crippen molar-refractivity contribution in [2.45, 2.75) is 45.6 Å². The molecule has 11 heavy (non-hydrogen) atoms. The van der Waals surface area contributed by atoms with Gasteiger partial charge in [-0.2, -0.15) is 0 Å². The highest BCUT2D eigenvalue weighted by Crippen LogP contribution is 2.72. The van der Waals surface area contributed by atoms with Crippen molar-refractivity contribution in [1.82, 2.24) is 0 Å². The van der Waals surface area contributed by atoms with Crippen LogP contribution in [0.2, 0.25) is 0 Å². The van der Waals surface area contributed by atoms with Gasteiger partial charge in [-0.3, -0.25) is 0 Å². The van der Waals surface area contributed by atoms with Gasteiger partial charge in [-0.15, -0.1) is 12.4 Å². The number of hydrogen-bond donors (Lipinski definition) is 1. The fourth-order valence-corrected chi connectivity index (χ4v) is 2.66. The molecule has 0 aliphatic heterocycles. The van der Waals surface area contributed by atoms with Crippen LogP contribution >= 0.6 is 12.4 Å². The van der Waals surface area contributed by atoms with Crippen LogP contribution in [-0.2, 0) is 0 Å². The van der Waals surface area contributed by atoms with E-state index in [0.29, 0.717) is 10.8 Å². The summed E-state index contributed by atoms with van der Waals surface area (Å²) in [6, 6.07) is 0. The van der Waals surface area contributed by atoms with E-state index >= 15 is 0 Å². The molecule has 0 aromatic heterocycles.